The van der Waals surface area contributed by atoms with Crippen molar-refractivity contribution in [1.29, 1.82) is 0 Å². The molecule has 242 valence electrons. The van der Waals surface area contributed by atoms with E-state index in [1.807, 2.05) is 13.8 Å². The van der Waals surface area contributed by atoms with Gasteiger partial charge in [-0.25, -0.2) is 0 Å². The summed E-state index contributed by atoms with van der Waals surface area (Å²) >= 11 is 0. The van der Waals surface area contributed by atoms with Crippen LogP contribution in [0.3, 0.4) is 0 Å². The fraction of sp³-hybridized carbons (Fsp3) is 0.529. The molecule has 0 spiro atoms. The average molecular weight is 611 g/mol. The Balaban J connectivity index is 2.10. The number of phenols is 2. The molecule has 0 aromatic heterocycles. The van der Waals surface area contributed by atoms with Gasteiger partial charge >= 0.3 is 0 Å². The zero-order valence-electron chi connectivity index (χ0n) is 26.6. The first-order chi connectivity index (χ1) is 21.2. The van der Waals surface area contributed by atoms with Gasteiger partial charge in [-0.05, 0) is 73.9 Å². The molecule has 2 aromatic carbocycles. The number of carbonyl (C=O) groups is 4. The number of amides is 4. The molecule has 2 aromatic rings. The molecule has 0 aliphatic heterocycles. The highest BCUT2D eigenvalue weighted by Crippen LogP contribution is 2.25. The summed E-state index contributed by atoms with van der Waals surface area (Å²) in [5, 5.41) is 20.8. The zero-order chi connectivity index (χ0) is 32.5. The number of phenolic OH excluding ortho intramolecular Hbond substituents is 2. The standard InChI is InChI=1S/C34H50N4O6/c1-5-9-12-16-26(32(42)36-38-34(44)28-20-18-24(15-11-7-3)22-30(28)40)25(13-8-4)31(41)35-37-33(43)27-19-17-23(14-10-6-2)21-29(27)39/h17-22,25-26,39-40H,5-16H2,1-4H3,(H,35,41)(H,36,42)(H,37,43)(H,38,44). The van der Waals surface area contributed by atoms with Crippen LogP contribution in [0.1, 0.15) is 124 Å². The van der Waals surface area contributed by atoms with E-state index in [1.54, 1.807) is 24.3 Å². The Kier molecular flexibility index (Phi) is 15.8. The van der Waals surface area contributed by atoms with Gasteiger partial charge < -0.3 is 10.2 Å². The fourth-order valence-electron chi connectivity index (χ4n) is 5.12. The summed E-state index contributed by atoms with van der Waals surface area (Å²) in [6.07, 6.45) is 9.37. The molecule has 0 radical (unpaired) electrons. The molecule has 0 saturated heterocycles. The van der Waals surface area contributed by atoms with E-state index < -0.39 is 35.5 Å². The highest BCUT2D eigenvalue weighted by atomic mass is 16.3. The number of aromatic hydroxyl groups is 2. The van der Waals surface area contributed by atoms with Crippen molar-refractivity contribution in [2.24, 2.45) is 11.8 Å². The van der Waals surface area contributed by atoms with E-state index in [0.717, 1.165) is 62.5 Å². The van der Waals surface area contributed by atoms with Gasteiger partial charge in [0.1, 0.15) is 11.5 Å². The molecule has 0 fully saturated rings. The largest absolute Gasteiger partial charge is 0.507 e. The lowest BCUT2D eigenvalue weighted by Gasteiger charge is -2.26. The van der Waals surface area contributed by atoms with Crippen LogP contribution in [-0.2, 0) is 22.4 Å². The molecule has 2 atom stereocenters. The number of carbonyl (C=O) groups excluding carboxylic acids is 4. The summed E-state index contributed by atoms with van der Waals surface area (Å²) in [6.45, 7) is 8.08. The summed E-state index contributed by atoms with van der Waals surface area (Å²) in [7, 11) is 0. The molecule has 0 heterocycles. The second kappa shape index (κ2) is 19.2. The first-order valence-corrected chi connectivity index (χ1v) is 16.0. The van der Waals surface area contributed by atoms with E-state index in [1.165, 1.54) is 12.1 Å². The Bertz CT molecular complexity index is 1250. The lowest BCUT2D eigenvalue weighted by Crippen LogP contribution is -2.51. The van der Waals surface area contributed by atoms with Gasteiger partial charge in [-0.3, -0.25) is 40.9 Å². The van der Waals surface area contributed by atoms with Crippen molar-refractivity contribution in [2.75, 3.05) is 0 Å². The molecule has 0 bridgehead atoms. The SMILES string of the molecule is CCCCCC(C(=O)NNC(=O)c1ccc(CCCC)cc1O)C(CCC)C(=O)NNC(=O)c1ccc(CCCC)cc1O. The van der Waals surface area contributed by atoms with Gasteiger partial charge in [0.05, 0.1) is 23.0 Å². The average Bonchev–Trinajstić information content (AvgIpc) is 3.01. The van der Waals surface area contributed by atoms with Gasteiger partial charge in [-0.1, -0.05) is 78.4 Å². The van der Waals surface area contributed by atoms with Crippen molar-refractivity contribution in [2.45, 2.75) is 105 Å². The summed E-state index contributed by atoms with van der Waals surface area (Å²) in [5.74, 6) is -4.34. The molecule has 2 rings (SSSR count). The van der Waals surface area contributed by atoms with E-state index >= 15 is 0 Å². The van der Waals surface area contributed by atoms with Crippen molar-refractivity contribution in [3.8, 4) is 11.5 Å². The van der Waals surface area contributed by atoms with Gasteiger partial charge in [-0.15, -0.1) is 0 Å². The number of hydrogen-bond acceptors (Lipinski definition) is 6. The molecular formula is C34H50N4O6. The van der Waals surface area contributed by atoms with E-state index in [2.05, 4.69) is 35.6 Å². The Morgan fingerprint density at radius 2 is 1.00 bits per heavy atom. The first kappa shape index (κ1) is 36.1. The van der Waals surface area contributed by atoms with Crippen molar-refractivity contribution in [3.05, 3.63) is 58.7 Å². The van der Waals surface area contributed by atoms with Crippen molar-refractivity contribution in [1.82, 2.24) is 21.7 Å². The summed E-state index contributed by atoms with van der Waals surface area (Å²) < 4.78 is 0. The molecule has 0 saturated carbocycles. The van der Waals surface area contributed by atoms with Crippen LogP contribution < -0.4 is 21.7 Å². The van der Waals surface area contributed by atoms with Gasteiger partial charge in [0.15, 0.2) is 0 Å². The van der Waals surface area contributed by atoms with E-state index in [0.29, 0.717) is 25.7 Å². The van der Waals surface area contributed by atoms with Crippen LogP contribution in [0.2, 0.25) is 0 Å². The number of nitrogens with one attached hydrogen (secondary N) is 4. The zero-order valence-corrected chi connectivity index (χ0v) is 26.6. The van der Waals surface area contributed by atoms with Crippen LogP contribution in [0.15, 0.2) is 36.4 Å². The Morgan fingerprint density at radius 3 is 1.39 bits per heavy atom. The van der Waals surface area contributed by atoms with Crippen LogP contribution in [0, 0.1) is 11.8 Å². The van der Waals surface area contributed by atoms with Crippen LogP contribution >= 0.6 is 0 Å². The van der Waals surface area contributed by atoms with E-state index in [9.17, 15) is 29.4 Å². The van der Waals surface area contributed by atoms with Crippen LogP contribution in [0.4, 0.5) is 0 Å². The fourth-order valence-corrected chi connectivity index (χ4v) is 5.12. The maximum Gasteiger partial charge on any atom is 0.273 e. The lowest BCUT2D eigenvalue weighted by molar-refractivity contribution is -0.136. The molecule has 0 aliphatic carbocycles. The van der Waals surface area contributed by atoms with E-state index in [-0.39, 0.29) is 22.6 Å². The van der Waals surface area contributed by atoms with Gasteiger partial charge in [0, 0.05) is 0 Å². The number of hydrogen-bond donors (Lipinski definition) is 6. The highest BCUT2D eigenvalue weighted by molar-refractivity contribution is 5.99. The van der Waals surface area contributed by atoms with Gasteiger partial charge in [0.25, 0.3) is 11.8 Å². The number of rotatable bonds is 17. The molecule has 2 unspecified atom stereocenters. The minimum absolute atomic E-state index is 0.0270. The first-order valence-electron chi connectivity index (χ1n) is 16.0. The molecule has 10 nitrogen and oxygen atoms in total. The van der Waals surface area contributed by atoms with E-state index in [4.69, 9.17) is 0 Å². The molecule has 4 amide bonds. The monoisotopic (exact) mass is 610 g/mol. The smallest absolute Gasteiger partial charge is 0.273 e. The Labute approximate surface area is 261 Å². The molecule has 44 heavy (non-hydrogen) atoms. The van der Waals surface area contributed by atoms with Gasteiger partial charge in [0.2, 0.25) is 11.8 Å². The Morgan fingerprint density at radius 1 is 0.568 bits per heavy atom. The lowest BCUT2D eigenvalue weighted by atomic mass is 9.83. The topological polar surface area (TPSA) is 157 Å². The van der Waals surface area contributed by atoms with Crippen molar-refractivity contribution >= 4 is 23.6 Å². The predicted molar refractivity (Wildman–Crippen MR) is 171 cm³/mol. The van der Waals surface area contributed by atoms with Crippen molar-refractivity contribution in [3.63, 3.8) is 0 Å². The minimum Gasteiger partial charge on any atom is -0.507 e. The van der Waals surface area contributed by atoms with Crippen LogP contribution in [0.5, 0.6) is 11.5 Å². The van der Waals surface area contributed by atoms with Crippen molar-refractivity contribution < 1.29 is 29.4 Å². The second-order valence-electron chi connectivity index (χ2n) is 11.3. The number of unbranched alkanes of at least 4 members (excludes halogenated alkanes) is 4. The molecule has 0 aliphatic rings. The summed E-state index contributed by atoms with van der Waals surface area (Å²) in [6, 6.07) is 9.69. The number of aryl methyl sites for hydroxylation is 2. The molecular weight excluding hydrogens is 560 g/mol. The third-order valence-corrected chi connectivity index (χ3v) is 7.73. The number of hydrazine groups is 2. The minimum atomic E-state index is -0.787. The quantitative estimate of drug-likeness (QED) is 0.101. The number of benzene rings is 2. The maximum absolute atomic E-state index is 13.4. The third kappa shape index (κ3) is 11.2. The highest BCUT2D eigenvalue weighted by Gasteiger charge is 2.33. The van der Waals surface area contributed by atoms with Gasteiger partial charge in [-0.2, -0.15) is 0 Å². The molecule has 10 heteroatoms. The summed E-state index contributed by atoms with van der Waals surface area (Å²) in [4.78, 5) is 52.3. The summed E-state index contributed by atoms with van der Waals surface area (Å²) in [5.41, 5.74) is 11.5. The van der Waals surface area contributed by atoms with Crippen LogP contribution in [0.25, 0.3) is 0 Å². The molecule has 6 N–H and O–H groups in total. The third-order valence-electron chi connectivity index (χ3n) is 7.73. The normalized spacial score (nSPS) is 12.2. The second-order valence-corrected chi connectivity index (χ2v) is 11.3. The Hall–Kier alpha value is -4.08. The maximum atomic E-state index is 13.4. The van der Waals surface area contributed by atoms with Crippen LogP contribution in [-0.4, -0.2) is 33.8 Å². The predicted octanol–water partition coefficient (Wildman–Crippen LogP) is 5.62.